The third kappa shape index (κ3) is 1.70. The van der Waals surface area contributed by atoms with E-state index < -0.39 is 0 Å². The minimum atomic E-state index is -0.322. The average Bonchev–Trinajstić information content (AvgIpc) is 2.83. The highest BCUT2D eigenvalue weighted by Crippen LogP contribution is 2.25. The minimum Gasteiger partial charge on any atom is -0.330 e. The number of benzene rings is 1. The third-order valence-corrected chi connectivity index (χ3v) is 3.57. The SMILES string of the molecule is Cn1cc(-n2c(=S)[nH]c3cc(F)c(Br)cc32)cn1. The first-order valence-electron chi connectivity index (χ1n) is 5.15. The summed E-state index contributed by atoms with van der Waals surface area (Å²) in [4.78, 5) is 2.98. The predicted molar refractivity (Wildman–Crippen MR) is 72.9 cm³/mol. The van der Waals surface area contributed by atoms with Crippen molar-refractivity contribution in [1.29, 1.82) is 0 Å². The van der Waals surface area contributed by atoms with Crippen LogP contribution in [0.2, 0.25) is 0 Å². The van der Waals surface area contributed by atoms with Gasteiger partial charge in [-0.25, -0.2) is 4.39 Å². The number of hydrogen-bond acceptors (Lipinski definition) is 2. The van der Waals surface area contributed by atoms with Gasteiger partial charge in [0.15, 0.2) is 4.77 Å². The number of H-pyrrole nitrogens is 1. The van der Waals surface area contributed by atoms with Gasteiger partial charge in [-0.1, -0.05) is 0 Å². The van der Waals surface area contributed by atoms with E-state index in [9.17, 15) is 4.39 Å². The number of aryl methyl sites for hydroxylation is 1. The fraction of sp³-hybridized carbons (Fsp3) is 0.0909. The van der Waals surface area contributed by atoms with Gasteiger partial charge in [0.05, 0.1) is 27.4 Å². The molecular formula is C11H8BrFN4S. The fourth-order valence-electron chi connectivity index (χ4n) is 1.88. The van der Waals surface area contributed by atoms with Crippen LogP contribution in [0.15, 0.2) is 29.0 Å². The van der Waals surface area contributed by atoms with Crippen LogP contribution in [0.5, 0.6) is 0 Å². The molecule has 0 unspecified atom stereocenters. The van der Waals surface area contributed by atoms with E-state index in [0.717, 1.165) is 11.2 Å². The van der Waals surface area contributed by atoms with Gasteiger partial charge in [0, 0.05) is 19.3 Å². The Morgan fingerprint density at radius 2 is 2.22 bits per heavy atom. The zero-order valence-corrected chi connectivity index (χ0v) is 11.7. The number of aromatic nitrogens is 4. The Labute approximate surface area is 115 Å². The molecule has 7 heteroatoms. The molecule has 0 atom stereocenters. The molecule has 0 spiro atoms. The van der Waals surface area contributed by atoms with Crippen molar-refractivity contribution in [2.24, 2.45) is 7.05 Å². The van der Waals surface area contributed by atoms with E-state index in [1.165, 1.54) is 6.07 Å². The molecule has 1 N–H and O–H groups in total. The van der Waals surface area contributed by atoms with Crippen molar-refractivity contribution in [3.8, 4) is 5.69 Å². The van der Waals surface area contributed by atoms with Crippen molar-refractivity contribution < 1.29 is 4.39 Å². The summed E-state index contributed by atoms with van der Waals surface area (Å²) in [5.74, 6) is -0.322. The van der Waals surface area contributed by atoms with Gasteiger partial charge in [-0.05, 0) is 34.2 Å². The quantitative estimate of drug-likeness (QED) is 0.697. The molecule has 0 amide bonds. The van der Waals surface area contributed by atoms with Gasteiger partial charge >= 0.3 is 0 Å². The van der Waals surface area contributed by atoms with Gasteiger partial charge in [0.1, 0.15) is 5.82 Å². The lowest BCUT2D eigenvalue weighted by Crippen LogP contribution is -1.92. The maximum absolute atomic E-state index is 13.5. The highest BCUT2D eigenvalue weighted by atomic mass is 79.9. The summed E-state index contributed by atoms with van der Waals surface area (Å²) in [5, 5.41) is 4.11. The molecule has 92 valence electrons. The molecule has 0 radical (unpaired) electrons. The molecular weight excluding hydrogens is 319 g/mol. The molecule has 0 saturated heterocycles. The van der Waals surface area contributed by atoms with E-state index in [1.54, 1.807) is 16.9 Å². The zero-order chi connectivity index (χ0) is 12.9. The van der Waals surface area contributed by atoms with Crippen LogP contribution < -0.4 is 0 Å². The molecule has 1 aromatic carbocycles. The molecule has 0 fully saturated rings. The second kappa shape index (κ2) is 4.03. The number of nitrogens with one attached hydrogen (secondary N) is 1. The van der Waals surface area contributed by atoms with Crippen LogP contribution >= 0.6 is 28.1 Å². The lowest BCUT2D eigenvalue weighted by atomic mass is 10.3. The number of rotatable bonds is 1. The molecule has 0 bridgehead atoms. The number of nitrogens with zero attached hydrogens (tertiary/aromatic N) is 3. The predicted octanol–water partition coefficient (Wildman–Crippen LogP) is 3.32. The highest BCUT2D eigenvalue weighted by molar-refractivity contribution is 9.10. The first-order chi connectivity index (χ1) is 8.56. The van der Waals surface area contributed by atoms with Gasteiger partial charge in [-0.15, -0.1) is 0 Å². The molecule has 3 rings (SSSR count). The largest absolute Gasteiger partial charge is 0.330 e. The Bertz CT molecular complexity index is 801. The van der Waals surface area contributed by atoms with Crippen molar-refractivity contribution in [2.75, 3.05) is 0 Å². The zero-order valence-electron chi connectivity index (χ0n) is 9.32. The number of fused-ring (bicyclic) bond motifs is 1. The Balaban J connectivity index is 2.38. The minimum absolute atomic E-state index is 0.322. The lowest BCUT2D eigenvalue weighted by Gasteiger charge is -2.01. The summed E-state index contributed by atoms with van der Waals surface area (Å²) in [6.45, 7) is 0. The molecule has 3 aromatic rings. The lowest BCUT2D eigenvalue weighted by molar-refractivity contribution is 0.623. The highest BCUT2D eigenvalue weighted by Gasteiger charge is 2.11. The first kappa shape index (κ1) is 11.6. The molecule has 0 aliphatic carbocycles. The number of aromatic amines is 1. The first-order valence-corrected chi connectivity index (χ1v) is 6.35. The summed E-state index contributed by atoms with van der Waals surface area (Å²) in [6.07, 6.45) is 3.56. The van der Waals surface area contributed by atoms with Gasteiger partial charge in [-0.3, -0.25) is 9.25 Å². The van der Waals surface area contributed by atoms with Crippen molar-refractivity contribution in [3.05, 3.63) is 39.6 Å². The molecule has 0 saturated carbocycles. The van der Waals surface area contributed by atoms with Gasteiger partial charge in [0.2, 0.25) is 0 Å². The second-order valence-electron chi connectivity index (χ2n) is 3.92. The average molecular weight is 327 g/mol. The molecule has 0 aliphatic heterocycles. The molecule has 2 heterocycles. The summed E-state index contributed by atoms with van der Waals surface area (Å²) in [6, 6.07) is 3.12. The fourth-order valence-corrected chi connectivity index (χ4v) is 2.53. The van der Waals surface area contributed by atoms with Crippen molar-refractivity contribution in [2.45, 2.75) is 0 Å². The van der Waals surface area contributed by atoms with Crippen LogP contribution in [0.25, 0.3) is 16.7 Å². The van der Waals surface area contributed by atoms with Gasteiger partial charge in [-0.2, -0.15) is 5.10 Å². The molecule has 0 aliphatic rings. The van der Waals surface area contributed by atoms with Crippen LogP contribution in [-0.4, -0.2) is 19.3 Å². The monoisotopic (exact) mass is 326 g/mol. The smallest absolute Gasteiger partial charge is 0.182 e. The Morgan fingerprint density at radius 3 is 2.89 bits per heavy atom. The Kier molecular flexibility index (Phi) is 2.60. The number of imidazole rings is 1. The van der Waals surface area contributed by atoms with E-state index in [1.807, 2.05) is 17.8 Å². The van der Waals surface area contributed by atoms with E-state index in [4.69, 9.17) is 12.2 Å². The number of hydrogen-bond donors (Lipinski definition) is 1. The summed E-state index contributed by atoms with van der Waals surface area (Å²) >= 11 is 8.44. The maximum Gasteiger partial charge on any atom is 0.182 e. The van der Waals surface area contributed by atoms with Gasteiger partial charge in [0.25, 0.3) is 0 Å². The van der Waals surface area contributed by atoms with E-state index >= 15 is 0 Å². The Hall–Kier alpha value is -1.47. The van der Waals surface area contributed by atoms with Crippen molar-refractivity contribution in [3.63, 3.8) is 0 Å². The van der Waals surface area contributed by atoms with Crippen LogP contribution in [-0.2, 0) is 7.05 Å². The van der Waals surface area contributed by atoms with Crippen molar-refractivity contribution in [1.82, 2.24) is 19.3 Å². The van der Waals surface area contributed by atoms with Gasteiger partial charge < -0.3 is 4.98 Å². The molecule has 4 nitrogen and oxygen atoms in total. The summed E-state index contributed by atoms with van der Waals surface area (Å²) < 4.78 is 17.9. The molecule has 18 heavy (non-hydrogen) atoms. The molecule has 2 aromatic heterocycles. The van der Waals surface area contributed by atoms with Crippen LogP contribution in [0, 0.1) is 10.6 Å². The van der Waals surface area contributed by atoms with Crippen LogP contribution in [0.1, 0.15) is 0 Å². The van der Waals surface area contributed by atoms with E-state index in [2.05, 4.69) is 26.0 Å². The van der Waals surface area contributed by atoms with E-state index in [-0.39, 0.29) is 5.82 Å². The number of halogens is 2. The van der Waals surface area contributed by atoms with Crippen molar-refractivity contribution >= 4 is 39.2 Å². The normalized spacial score (nSPS) is 11.3. The van der Waals surface area contributed by atoms with E-state index in [0.29, 0.717) is 14.8 Å². The van der Waals surface area contributed by atoms with Crippen LogP contribution in [0.4, 0.5) is 4.39 Å². The summed E-state index contributed by atoms with van der Waals surface area (Å²) in [5.41, 5.74) is 2.30. The topological polar surface area (TPSA) is 38.5 Å². The third-order valence-electron chi connectivity index (χ3n) is 2.67. The summed E-state index contributed by atoms with van der Waals surface area (Å²) in [7, 11) is 1.83. The van der Waals surface area contributed by atoms with Crippen LogP contribution in [0.3, 0.4) is 0 Å². The second-order valence-corrected chi connectivity index (χ2v) is 5.16. The Morgan fingerprint density at radius 1 is 1.44 bits per heavy atom. The maximum atomic E-state index is 13.5. The standard InChI is InChI=1S/C11H8BrFN4S/c1-16-5-6(4-14-16)17-10-2-7(12)8(13)3-9(10)15-11(17)18/h2-5H,1H3,(H,15,18).